The molecule has 1 atom stereocenters. The molecule has 1 amide bonds. The van der Waals surface area contributed by atoms with E-state index in [9.17, 15) is 4.79 Å². The quantitative estimate of drug-likeness (QED) is 0.690. The van der Waals surface area contributed by atoms with Gasteiger partial charge in [-0.1, -0.05) is 11.6 Å². The van der Waals surface area contributed by atoms with Gasteiger partial charge in [-0.3, -0.25) is 19.4 Å². The Balaban J connectivity index is 1.17. The summed E-state index contributed by atoms with van der Waals surface area (Å²) < 4.78 is 2.11. The van der Waals surface area contributed by atoms with Crippen molar-refractivity contribution in [1.29, 1.82) is 0 Å². The van der Waals surface area contributed by atoms with Gasteiger partial charge in [-0.25, -0.2) is 5.01 Å². The Morgan fingerprint density at radius 3 is 2.86 bits per heavy atom. The maximum Gasteiger partial charge on any atom is 0.249 e. The molecule has 1 aliphatic heterocycles. The number of benzene rings is 1. The monoisotopic (exact) mass is 386 g/mol. The summed E-state index contributed by atoms with van der Waals surface area (Å²) in [7, 11) is 0. The van der Waals surface area contributed by atoms with Gasteiger partial charge in [0.2, 0.25) is 5.91 Å². The van der Waals surface area contributed by atoms with Gasteiger partial charge in [0.25, 0.3) is 0 Å². The van der Waals surface area contributed by atoms with E-state index in [2.05, 4.69) is 50.0 Å². The van der Waals surface area contributed by atoms with Crippen molar-refractivity contribution in [1.82, 2.24) is 24.8 Å². The molecular formula is C22H22N6O. The Kier molecular flexibility index (Phi) is 3.32. The number of aromatic nitrogens is 4. The van der Waals surface area contributed by atoms with Crippen LogP contribution in [0.5, 0.6) is 0 Å². The number of hydrazone groups is 1. The predicted molar refractivity (Wildman–Crippen MR) is 108 cm³/mol. The van der Waals surface area contributed by atoms with Crippen LogP contribution >= 0.6 is 0 Å². The third kappa shape index (κ3) is 2.39. The Morgan fingerprint density at radius 2 is 2.07 bits per heavy atom. The van der Waals surface area contributed by atoms with Crippen LogP contribution in [-0.2, 0) is 11.3 Å². The number of carbonyl (C=O) groups is 1. The SMILES string of the molecule is Cc1ccc2c(cnn2CC23CC(C(=O)N4N=CCC4c4cnccn4)(C2)C3)c1. The molecule has 0 radical (unpaired) electrons. The second-order valence-corrected chi connectivity index (χ2v) is 9.00. The molecule has 7 heteroatoms. The second kappa shape index (κ2) is 5.72. The molecule has 2 bridgehead atoms. The molecule has 2 aromatic heterocycles. The van der Waals surface area contributed by atoms with Crippen molar-refractivity contribution in [3.63, 3.8) is 0 Å². The normalized spacial score (nSPS) is 29.7. The van der Waals surface area contributed by atoms with Crippen molar-refractivity contribution in [2.45, 2.75) is 45.2 Å². The first-order valence-electron chi connectivity index (χ1n) is 10.1. The minimum atomic E-state index is -0.248. The highest BCUT2D eigenvalue weighted by Gasteiger charge is 2.72. The summed E-state index contributed by atoms with van der Waals surface area (Å²) in [5.41, 5.74) is 3.17. The molecule has 0 spiro atoms. The van der Waals surface area contributed by atoms with Crippen LogP contribution in [-0.4, -0.2) is 36.9 Å². The number of amides is 1. The summed E-state index contributed by atoms with van der Waals surface area (Å²) >= 11 is 0. The number of carbonyl (C=O) groups excluding carboxylic acids is 1. The zero-order valence-corrected chi connectivity index (χ0v) is 16.3. The maximum absolute atomic E-state index is 13.3. The van der Waals surface area contributed by atoms with Crippen LogP contribution in [0.15, 0.2) is 48.1 Å². The number of hydrogen-bond donors (Lipinski definition) is 0. The van der Waals surface area contributed by atoms with E-state index >= 15 is 0 Å². The van der Waals surface area contributed by atoms with E-state index in [0.29, 0.717) is 6.42 Å². The largest absolute Gasteiger partial charge is 0.272 e. The molecule has 3 saturated carbocycles. The number of aryl methyl sites for hydroxylation is 1. The lowest BCUT2D eigenvalue weighted by Gasteiger charge is -2.69. The average molecular weight is 386 g/mol. The second-order valence-electron chi connectivity index (χ2n) is 9.00. The summed E-state index contributed by atoms with van der Waals surface area (Å²) in [5.74, 6) is 0.143. The summed E-state index contributed by atoms with van der Waals surface area (Å²) in [6.07, 6.45) is 12.3. The van der Waals surface area contributed by atoms with Crippen molar-refractivity contribution >= 4 is 23.0 Å². The summed E-state index contributed by atoms with van der Waals surface area (Å²) in [5, 5.41) is 11.8. The Morgan fingerprint density at radius 1 is 1.21 bits per heavy atom. The Bertz CT molecular complexity index is 1130. The molecule has 0 N–H and O–H groups in total. The van der Waals surface area contributed by atoms with Crippen LogP contribution in [0.1, 0.15) is 43.0 Å². The van der Waals surface area contributed by atoms with Crippen LogP contribution in [0, 0.1) is 17.8 Å². The number of nitrogens with zero attached hydrogens (tertiary/aromatic N) is 6. The minimum Gasteiger partial charge on any atom is -0.272 e. The summed E-state index contributed by atoms with van der Waals surface area (Å²) in [4.78, 5) is 21.8. The molecule has 3 aromatic rings. The first kappa shape index (κ1) is 16.8. The van der Waals surface area contributed by atoms with Gasteiger partial charge in [0, 0.05) is 37.0 Å². The Hall–Kier alpha value is -3.09. The number of hydrogen-bond acceptors (Lipinski definition) is 5. The Labute approximate surface area is 168 Å². The molecular weight excluding hydrogens is 364 g/mol. The van der Waals surface area contributed by atoms with Crippen molar-refractivity contribution in [3.8, 4) is 0 Å². The highest BCUT2D eigenvalue weighted by atomic mass is 16.2. The zero-order chi connectivity index (χ0) is 19.6. The molecule has 146 valence electrons. The molecule has 1 aromatic carbocycles. The number of rotatable bonds is 4. The van der Waals surface area contributed by atoms with Gasteiger partial charge in [0.1, 0.15) is 6.04 Å². The van der Waals surface area contributed by atoms with Gasteiger partial charge in [-0.2, -0.15) is 10.2 Å². The van der Waals surface area contributed by atoms with Gasteiger partial charge in [0.05, 0.1) is 29.0 Å². The van der Waals surface area contributed by atoms with Crippen LogP contribution in [0.2, 0.25) is 0 Å². The lowest BCUT2D eigenvalue weighted by Crippen LogP contribution is -2.68. The summed E-state index contributed by atoms with van der Waals surface area (Å²) in [6, 6.07) is 6.32. The van der Waals surface area contributed by atoms with Crippen molar-refractivity contribution in [3.05, 3.63) is 54.2 Å². The van der Waals surface area contributed by atoms with Gasteiger partial charge in [-0.15, -0.1) is 0 Å². The predicted octanol–water partition coefficient (Wildman–Crippen LogP) is 3.26. The fourth-order valence-electron chi connectivity index (χ4n) is 5.62. The standard InChI is InChI=1S/C22H22N6O/c1-15-2-3-18-16(8-15)9-26-27(18)14-21-11-22(12-21,13-21)20(29)28-19(4-5-25-28)17-10-23-6-7-24-17/h2-3,5-10,19H,4,11-14H2,1H3. The first-order chi connectivity index (χ1) is 14.1. The van der Waals surface area contributed by atoms with E-state index < -0.39 is 0 Å². The van der Waals surface area contributed by atoms with E-state index in [1.165, 1.54) is 16.5 Å². The number of fused-ring (bicyclic) bond motifs is 1. The molecule has 29 heavy (non-hydrogen) atoms. The molecule has 3 fully saturated rings. The smallest absolute Gasteiger partial charge is 0.249 e. The molecule has 7 rings (SSSR count). The van der Waals surface area contributed by atoms with E-state index in [-0.39, 0.29) is 22.8 Å². The molecule has 1 unspecified atom stereocenters. The fraction of sp³-hybridized carbons (Fsp3) is 0.409. The average Bonchev–Trinajstić information content (AvgIpc) is 3.30. The van der Waals surface area contributed by atoms with Gasteiger partial charge >= 0.3 is 0 Å². The van der Waals surface area contributed by atoms with E-state index in [0.717, 1.165) is 31.5 Å². The van der Waals surface area contributed by atoms with Crippen LogP contribution in [0.25, 0.3) is 10.9 Å². The van der Waals surface area contributed by atoms with Gasteiger partial charge in [0.15, 0.2) is 0 Å². The zero-order valence-electron chi connectivity index (χ0n) is 16.3. The van der Waals surface area contributed by atoms with Gasteiger partial charge < -0.3 is 0 Å². The van der Waals surface area contributed by atoms with Crippen LogP contribution in [0.3, 0.4) is 0 Å². The van der Waals surface area contributed by atoms with E-state index in [1.54, 1.807) is 23.6 Å². The molecule has 4 aliphatic rings. The molecule has 0 saturated heterocycles. The minimum absolute atomic E-state index is 0.125. The molecule has 3 aliphatic carbocycles. The molecule has 7 nitrogen and oxygen atoms in total. The highest BCUT2D eigenvalue weighted by Crippen LogP contribution is 2.74. The van der Waals surface area contributed by atoms with Crippen molar-refractivity contribution in [2.24, 2.45) is 15.9 Å². The topological polar surface area (TPSA) is 76.3 Å². The first-order valence-corrected chi connectivity index (χ1v) is 10.1. The molecule has 3 heterocycles. The van der Waals surface area contributed by atoms with Crippen LogP contribution < -0.4 is 0 Å². The van der Waals surface area contributed by atoms with E-state index in [1.807, 2.05) is 12.4 Å². The van der Waals surface area contributed by atoms with Crippen LogP contribution in [0.4, 0.5) is 0 Å². The van der Waals surface area contributed by atoms with Crippen molar-refractivity contribution in [2.75, 3.05) is 0 Å². The highest BCUT2D eigenvalue weighted by molar-refractivity contribution is 5.88. The van der Waals surface area contributed by atoms with Gasteiger partial charge in [-0.05, 0) is 43.7 Å². The fourth-order valence-corrected chi connectivity index (χ4v) is 5.62. The third-order valence-electron chi connectivity index (χ3n) is 6.84. The lowest BCUT2D eigenvalue weighted by molar-refractivity contribution is -0.223. The maximum atomic E-state index is 13.3. The van der Waals surface area contributed by atoms with Crippen molar-refractivity contribution < 1.29 is 4.79 Å². The summed E-state index contributed by atoms with van der Waals surface area (Å²) in [6.45, 7) is 2.98. The van der Waals surface area contributed by atoms with E-state index in [4.69, 9.17) is 0 Å². The lowest BCUT2D eigenvalue weighted by atomic mass is 9.34. The third-order valence-corrected chi connectivity index (χ3v) is 6.84.